The summed E-state index contributed by atoms with van der Waals surface area (Å²) in [7, 11) is 1.64. The van der Waals surface area contributed by atoms with Crippen molar-refractivity contribution < 1.29 is 14.9 Å². The number of methoxy groups -OCH3 is 1. The van der Waals surface area contributed by atoms with Crippen LogP contribution < -0.4 is 4.74 Å². The summed E-state index contributed by atoms with van der Waals surface area (Å²) < 4.78 is 7.03. The van der Waals surface area contributed by atoms with Gasteiger partial charge in [-0.25, -0.2) is 0 Å². The van der Waals surface area contributed by atoms with Crippen molar-refractivity contribution in [2.24, 2.45) is 0 Å². The Hall–Kier alpha value is -2.37. The van der Waals surface area contributed by atoms with Crippen molar-refractivity contribution in [2.45, 2.75) is 12.6 Å². The van der Waals surface area contributed by atoms with E-state index in [2.05, 4.69) is 5.10 Å². The van der Waals surface area contributed by atoms with E-state index in [1.807, 2.05) is 47.1 Å². The smallest absolute Gasteiger partial charge is 0.118 e. The summed E-state index contributed by atoms with van der Waals surface area (Å²) in [5, 5.41) is 24.3. The van der Waals surface area contributed by atoms with Crippen LogP contribution in [0.1, 0.15) is 17.2 Å². The van der Waals surface area contributed by atoms with Crippen molar-refractivity contribution in [3.05, 3.63) is 59.8 Å². The maximum absolute atomic E-state index is 9.77. The van der Waals surface area contributed by atoms with Crippen molar-refractivity contribution in [2.75, 3.05) is 13.7 Å². The quantitative estimate of drug-likeness (QED) is 0.757. The highest BCUT2D eigenvalue weighted by Crippen LogP contribution is 2.21. The third kappa shape index (κ3) is 2.81. The molecule has 0 saturated carbocycles. The van der Waals surface area contributed by atoms with Gasteiger partial charge in [0.2, 0.25) is 0 Å². The van der Waals surface area contributed by atoms with E-state index in [9.17, 15) is 5.11 Å². The average Bonchev–Trinajstić information content (AvgIpc) is 2.97. The molecule has 0 aliphatic rings. The lowest BCUT2D eigenvalue weighted by molar-refractivity contribution is 0.0957. The summed E-state index contributed by atoms with van der Waals surface area (Å²) in [5.74, 6) is 0.822. The first-order valence-electron chi connectivity index (χ1n) is 7.08. The molecule has 2 aromatic carbocycles. The summed E-state index contributed by atoms with van der Waals surface area (Å²) in [4.78, 5) is 0. The Balaban J connectivity index is 1.92. The van der Waals surface area contributed by atoms with Gasteiger partial charge >= 0.3 is 0 Å². The monoisotopic (exact) mass is 298 g/mol. The molecule has 5 heteroatoms. The van der Waals surface area contributed by atoms with Gasteiger partial charge in [0, 0.05) is 5.39 Å². The van der Waals surface area contributed by atoms with E-state index in [1.54, 1.807) is 13.3 Å². The predicted octanol–water partition coefficient (Wildman–Crippen LogP) is 2.12. The fourth-order valence-corrected chi connectivity index (χ4v) is 2.43. The van der Waals surface area contributed by atoms with E-state index in [4.69, 9.17) is 9.84 Å². The van der Waals surface area contributed by atoms with Gasteiger partial charge < -0.3 is 14.9 Å². The molecule has 114 valence electrons. The Morgan fingerprint density at radius 3 is 2.64 bits per heavy atom. The van der Waals surface area contributed by atoms with Crippen LogP contribution in [0, 0.1) is 0 Å². The minimum atomic E-state index is -0.867. The van der Waals surface area contributed by atoms with Crippen LogP contribution in [0.15, 0.2) is 48.7 Å². The molecule has 0 radical (unpaired) electrons. The number of nitrogens with zero attached hydrogens (tertiary/aromatic N) is 2. The van der Waals surface area contributed by atoms with Crippen molar-refractivity contribution in [1.82, 2.24) is 9.78 Å². The molecule has 0 saturated heterocycles. The number of rotatable bonds is 5. The van der Waals surface area contributed by atoms with Crippen molar-refractivity contribution in [3.8, 4) is 5.75 Å². The normalized spacial score (nSPS) is 12.5. The van der Waals surface area contributed by atoms with Gasteiger partial charge in [-0.3, -0.25) is 4.68 Å². The number of aliphatic hydroxyl groups is 2. The van der Waals surface area contributed by atoms with Gasteiger partial charge in [0.15, 0.2) is 0 Å². The van der Waals surface area contributed by atoms with E-state index in [0.717, 1.165) is 22.2 Å². The van der Waals surface area contributed by atoms with Crippen LogP contribution in [0.25, 0.3) is 10.9 Å². The molecule has 3 rings (SSSR count). The van der Waals surface area contributed by atoms with E-state index in [0.29, 0.717) is 12.1 Å². The van der Waals surface area contributed by atoms with E-state index in [-0.39, 0.29) is 6.61 Å². The fourth-order valence-electron chi connectivity index (χ4n) is 2.43. The molecule has 1 atom stereocenters. The molecule has 1 aromatic heterocycles. The lowest BCUT2D eigenvalue weighted by Crippen LogP contribution is -2.04. The van der Waals surface area contributed by atoms with Crippen LogP contribution in [-0.4, -0.2) is 33.7 Å². The second-order valence-electron chi connectivity index (χ2n) is 5.17. The van der Waals surface area contributed by atoms with Crippen LogP contribution in [0.3, 0.4) is 0 Å². The zero-order valence-corrected chi connectivity index (χ0v) is 12.3. The van der Waals surface area contributed by atoms with Gasteiger partial charge in [0.05, 0.1) is 32.0 Å². The molecule has 5 nitrogen and oxygen atoms in total. The zero-order valence-electron chi connectivity index (χ0n) is 12.3. The van der Waals surface area contributed by atoms with Gasteiger partial charge in [-0.2, -0.15) is 5.10 Å². The second-order valence-corrected chi connectivity index (χ2v) is 5.17. The lowest BCUT2D eigenvalue weighted by Gasteiger charge is -2.09. The Kier molecular flexibility index (Phi) is 4.09. The molecule has 1 unspecified atom stereocenters. The van der Waals surface area contributed by atoms with E-state index < -0.39 is 6.10 Å². The molecular weight excluding hydrogens is 280 g/mol. The molecular formula is C17H18N2O3. The Morgan fingerprint density at radius 1 is 1.18 bits per heavy atom. The number of aromatic nitrogens is 2. The molecule has 0 spiro atoms. The fraction of sp³-hybridized carbons (Fsp3) is 0.235. The number of fused-ring (bicyclic) bond motifs is 1. The average molecular weight is 298 g/mol. The predicted molar refractivity (Wildman–Crippen MR) is 83.9 cm³/mol. The topological polar surface area (TPSA) is 67.5 Å². The first-order chi connectivity index (χ1) is 10.7. The summed E-state index contributed by atoms with van der Waals surface area (Å²) >= 11 is 0. The molecule has 0 fully saturated rings. The highest BCUT2D eigenvalue weighted by Gasteiger charge is 2.10. The van der Waals surface area contributed by atoms with Crippen LogP contribution in [0.5, 0.6) is 5.75 Å². The Bertz CT molecular complexity index is 765. The highest BCUT2D eigenvalue weighted by molar-refractivity contribution is 5.79. The van der Waals surface area contributed by atoms with Crippen LogP contribution in [-0.2, 0) is 6.54 Å². The molecule has 3 aromatic rings. The maximum Gasteiger partial charge on any atom is 0.118 e. The largest absolute Gasteiger partial charge is 0.497 e. The van der Waals surface area contributed by atoms with Crippen molar-refractivity contribution >= 4 is 10.9 Å². The van der Waals surface area contributed by atoms with Gasteiger partial charge in [-0.1, -0.05) is 24.3 Å². The second kappa shape index (κ2) is 6.17. The zero-order chi connectivity index (χ0) is 15.5. The molecule has 2 N–H and O–H groups in total. The third-order valence-electron chi connectivity index (χ3n) is 3.72. The van der Waals surface area contributed by atoms with Crippen LogP contribution >= 0.6 is 0 Å². The van der Waals surface area contributed by atoms with Crippen LogP contribution in [0.4, 0.5) is 0 Å². The third-order valence-corrected chi connectivity index (χ3v) is 3.72. The molecule has 0 aliphatic carbocycles. The van der Waals surface area contributed by atoms with E-state index >= 15 is 0 Å². The minimum absolute atomic E-state index is 0.294. The van der Waals surface area contributed by atoms with Crippen molar-refractivity contribution in [3.63, 3.8) is 0 Å². The number of benzene rings is 2. The van der Waals surface area contributed by atoms with E-state index in [1.165, 1.54) is 0 Å². The summed E-state index contributed by atoms with van der Waals surface area (Å²) in [6, 6.07) is 13.4. The number of hydrogen-bond donors (Lipinski definition) is 2. The lowest BCUT2D eigenvalue weighted by atomic mass is 10.1. The van der Waals surface area contributed by atoms with Gasteiger partial charge in [0.25, 0.3) is 0 Å². The first-order valence-corrected chi connectivity index (χ1v) is 7.08. The van der Waals surface area contributed by atoms with Crippen molar-refractivity contribution in [1.29, 1.82) is 0 Å². The molecule has 0 bridgehead atoms. The van der Waals surface area contributed by atoms with Crippen LogP contribution in [0.2, 0.25) is 0 Å². The molecule has 0 amide bonds. The van der Waals surface area contributed by atoms with Gasteiger partial charge in [0.1, 0.15) is 11.9 Å². The maximum atomic E-state index is 9.77. The number of hydrogen-bond acceptors (Lipinski definition) is 4. The Morgan fingerprint density at radius 2 is 1.95 bits per heavy atom. The summed E-state index contributed by atoms with van der Waals surface area (Å²) in [6.45, 7) is 0.338. The number of aliphatic hydroxyl groups excluding tert-OH is 2. The van der Waals surface area contributed by atoms with Gasteiger partial charge in [-0.05, 0) is 29.3 Å². The molecule has 22 heavy (non-hydrogen) atoms. The molecule has 1 heterocycles. The minimum Gasteiger partial charge on any atom is -0.497 e. The SMILES string of the molecule is COc1ccc(Cn2ncc3ccc(C(O)CO)cc32)cc1. The standard InChI is InChI=1S/C17H18N2O3/c1-22-15-6-2-12(3-7-15)10-19-16-8-13(17(21)11-20)4-5-14(16)9-18-19/h2-9,17,20-21H,10-11H2,1H3. The molecule has 0 aliphatic heterocycles. The van der Waals surface area contributed by atoms with Gasteiger partial charge in [-0.15, -0.1) is 0 Å². The summed E-state index contributed by atoms with van der Waals surface area (Å²) in [5.41, 5.74) is 2.73. The summed E-state index contributed by atoms with van der Waals surface area (Å²) in [6.07, 6.45) is 0.933. The first kappa shape index (κ1) is 14.6. The highest BCUT2D eigenvalue weighted by atomic mass is 16.5. The number of ether oxygens (including phenoxy) is 1. The Labute approximate surface area is 128 Å².